The maximum absolute atomic E-state index is 14.3. The quantitative estimate of drug-likeness (QED) is 0.387. The summed E-state index contributed by atoms with van der Waals surface area (Å²) in [7, 11) is -0.630. The summed E-state index contributed by atoms with van der Waals surface area (Å²) in [5, 5.41) is 3.13. The number of nitrogen functional groups attached to an aromatic ring is 1. The normalized spacial score (nSPS) is 20.3. The minimum atomic E-state index is -3.54. The minimum Gasteiger partial charge on any atom is -0.378 e. The molecule has 1 aromatic carbocycles. The number of sulfonamides is 1. The predicted molar refractivity (Wildman–Crippen MR) is 114 cm³/mol. The predicted octanol–water partition coefficient (Wildman–Crippen LogP) is 0.435. The van der Waals surface area contributed by atoms with Crippen LogP contribution < -0.4 is 21.6 Å². The van der Waals surface area contributed by atoms with E-state index in [0.717, 1.165) is 17.1 Å². The number of rotatable bonds is 6. The van der Waals surface area contributed by atoms with Gasteiger partial charge in [0, 0.05) is 20.3 Å². The van der Waals surface area contributed by atoms with E-state index < -0.39 is 21.8 Å². The first-order chi connectivity index (χ1) is 14.2. The molecule has 2 unspecified atom stereocenters. The van der Waals surface area contributed by atoms with Crippen molar-refractivity contribution in [1.29, 1.82) is 0 Å². The lowest BCUT2D eigenvalue weighted by molar-refractivity contribution is -0.354. The molecule has 30 heavy (non-hydrogen) atoms. The van der Waals surface area contributed by atoms with E-state index in [9.17, 15) is 17.6 Å². The molecule has 1 heterocycles. The highest BCUT2D eigenvalue weighted by molar-refractivity contribution is 7.89. The van der Waals surface area contributed by atoms with Gasteiger partial charge in [-0.3, -0.25) is 10.5 Å². The second kappa shape index (κ2) is 8.97. The summed E-state index contributed by atoms with van der Waals surface area (Å²) in [6.07, 6.45) is 3.47. The molecule has 0 spiro atoms. The highest BCUT2D eigenvalue weighted by atomic mass is 32.2. The third-order valence-corrected chi connectivity index (χ3v) is 6.99. The summed E-state index contributed by atoms with van der Waals surface area (Å²) in [5.41, 5.74) is 6.90. The van der Waals surface area contributed by atoms with Gasteiger partial charge in [0.05, 0.1) is 16.6 Å². The average Bonchev–Trinajstić information content (AvgIpc) is 2.70. The fourth-order valence-electron chi connectivity index (χ4n) is 3.45. The van der Waals surface area contributed by atoms with Gasteiger partial charge in [-0.2, -0.15) is 0 Å². The molecule has 0 bridgehead atoms. The standard InChI is InChI=1S/C20H26FN5O3S/c1-26(2)30(28,29)14-9-7-13(8-10-14)24-19(22)18-17(11-12-23-20(18)27)25-16-6-4-3-5-15(16)21/h7-12,15-16H,3-6H2,1-2H3,(H2,22,24)(H2,23,25,27)/p+1. The second-order valence-corrected chi connectivity index (χ2v) is 9.65. The Balaban J connectivity index is 1.90. The van der Waals surface area contributed by atoms with Gasteiger partial charge < -0.3 is 10.3 Å². The Labute approximate surface area is 175 Å². The third-order valence-electron chi connectivity index (χ3n) is 5.16. The highest BCUT2D eigenvalue weighted by Crippen LogP contribution is 2.25. The molecule has 1 fully saturated rings. The van der Waals surface area contributed by atoms with E-state index in [0.29, 0.717) is 24.2 Å². The van der Waals surface area contributed by atoms with Crippen LogP contribution in [-0.4, -0.2) is 49.9 Å². The molecule has 1 aliphatic rings. The van der Waals surface area contributed by atoms with Gasteiger partial charge in [-0.15, -0.1) is 0 Å². The van der Waals surface area contributed by atoms with Crippen LogP contribution in [0.5, 0.6) is 0 Å². The largest absolute Gasteiger partial charge is 0.378 e. The highest BCUT2D eigenvalue weighted by Gasteiger charge is 2.27. The van der Waals surface area contributed by atoms with E-state index in [1.807, 2.05) is 0 Å². The number of halogens is 1. The van der Waals surface area contributed by atoms with Gasteiger partial charge in [-0.1, -0.05) is 12.8 Å². The maximum atomic E-state index is 14.3. The zero-order chi connectivity index (χ0) is 21.9. The van der Waals surface area contributed by atoms with Gasteiger partial charge in [0.15, 0.2) is 5.56 Å². The Bertz CT molecular complexity index is 1080. The van der Waals surface area contributed by atoms with E-state index in [1.165, 1.54) is 32.4 Å². The van der Waals surface area contributed by atoms with Crippen molar-refractivity contribution in [2.45, 2.75) is 42.8 Å². The molecule has 1 aliphatic carbocycles. The average molecular weight is 437 g/mol. The van der Waals surface area contributed by atoms with Gasteiger partial charge in [-0.05, 0) is 43.2 Å². The number of aromatic nitrogens is 1. The van der Waals surface area contributed by atoms with Crippen LogP contribution in [0.3, 0.4) is 0 Å². The van der Waals surface area contributed by atoms with E-state index in [1.54, 1.807) is 18.2 Å². The van der Waals surface area contributed by atoms with Crippen molar-refractivity contribution >= 4 is 27.2 Å². The van der Waals surface area contributed by atoms with Gasteiger partial charge in [-0.25, -0.2) is 22.1 Å². The summed E-state index contributed by atoms with van der Waals surface area (Å²) in [6, 6.07) is 7.31. The number of pyridine rings is 1. The van der Waals surface area contributed by atoms with Gasteiger partial charge >= 0.3 is 0 Å². The molecule has 1 aromatic heterocycles. The summed E-state index contributed by atoms with van der Waals surface area (Å²) in [4.78, 5) is 18.1. The smallest absolute Gasteiger partial charge is 0.285 e. The number of aromatic amines is 1. The van der Waals surface area contributed by atoms with Crippen LogP contribution in [0.1, 0.15) is 31.2 Å². The number of nitrogens with one attached hydrogen (secondary N) is 3. The zero-order valence-corrected chi connectivity index (χ0v) is 17.8. The monoisotopic (exact) mass is 436 g/mol. The molecular weight excluding hydrogens is 409 g/mol. The SMILES string of the molecule is CN(C)S(=O)(=O)c1ccc([NH+]=C(N)c2c(NC3CCCCC3F)cc[nH]c2=O)cc1. The van der Waals surface area contributed by atoms with Crippen LogP contribution in [0.4, 0.5) is 15.8 Å². The zero-order valence-electron chi connectivity index (χ0n) is 17.0. The second-order valence-electron chi connectivity index (χ2n) is 7.50. The van der Waals surface area contributed by atoms with E-state index in [-0.39, 0.29) is 22.3 Å². The van der Waals surface area contributed by atoms with E-state index in [4.69, 9.17) is 5.73 Å². The molecule has 1 saturated carbocycles. The number of benzene rings is 1. The third kappa shape index (κ3) is 4.71. The number of alkyl halides is 1. The van der Waals surface area contributed by atoms with Crippen LogP contribution in [0.25, 0.3) is 0 Å². The van der Waals surface area contributed by atoms with Gasteiger partial charge in [0.1, 0.15) is 11.9 Å². The lowest BCUT2D eigenvalue weighted by Crippen LogP contribution is -2.70. The maximum Gasteiger partial charge on any atom is 0.285 e. The Kier molecular flexibility index (Phi) is 6.57. The summed E-state index contributed by atoms with van der Waals surface area (Å²) in [6.45, 7) is 0. The number of anilines is 1. The van der Waals surface area contributed by atoms with Crippen molar-refractivity contribution < 1.29 is 17.8 Å². The molecule has 3 rings (SSSR count). The molecule has 0 radical (unpaired) electrons. The Morgan fingerprint density at radius 3 is 2.50 bits per heavy atom. The molecule has 5 N–H and O–H groups in total. The van der Waals surface area contributed by atoms with Crippen molar-refractivity contribution in [3.8, 4) is 0 Å². The van der Waals surface area contributed by atoms with Crippen LogP contribution >= 0.6 is 0 Å². The summed E-state index contributed by atoms with van der Waals surface area (Å²) in [5.74, 6) is 0.0776. The lowest BCUT2D eigenvalue weighted by atomic mass is 9.93. The van der Waals surface area contributed by atoms with Crippen LogP contribution in [0.2, 0.25) is 0 Å². The number of hydrogen-bond acceptors (Lipinski definition) is 4. The molecule has 0 aliphatic heterocycles. The van der Waals surface area contributed by atoms with E-state index >= 15 is 0 Å². The van der Waals surface area contributed by atoms with Crippen molar-refractivity contribution in [2.24, 2.45) is 5.73 Å². The molecule has 0 amide bonds. The number of nitrogens with two attached hydrogens (primary N) is 1. The van der Waals surface area contributed by atoms with Crippen molar-refractivity contribution in [3.63, 3.8) is 0 Å². The topological polar surface area (TPSA) is 122 Å². The Morgan fingerprint density at radius 2 is 1.87 bits per heavy atom. The fraction of sp³-hybridized carbons (Fsp3) is 0.400. The van der Waals surface area contributed by atoms with Gasteiger partial charge in [0.2, 0.25) is 10.0 Å². The summed E-state index contributed by atoms with van der Waals surface area (Å²) < 4.78 is 39.7. The van der Waals surface area contributed by atoms with Crippen LogP contribution in [0, 0.1) is 0 Å². The van der Waals surface area contributed by atoms with Crippen molar-refractivity contribution in [2.75, 3.05) is 19.4 Å². The molecule has 2 aromatic rings. The van der Waals surface area contributed by atoms with Crippen LogP contribution in [-0.2, 0) is 10.0 Å². The fourth-order valence-corrected chi connectivity index (χ4v) is 4.35. The van der Waals surface area contributed by atoms with Gasteiger partial charge in [0.25, 0.3) is 11.4 Å². The first-order valence-electron chi connectivity index (χ1n) is 9.75. The number of nitrogens with zero attached hydrogens (tertiary/aromatic N) is 1. The molecular formula is C20H27FN5O3S+. The first kappa shape index (κ1) is 22.0. The molecule has 10 heteroatoms. The molecule has 2 atom stereocenters. The number of H-pyrrole nitrogens is 1. The molecule has 162 valence electrons. The van der Waals surface area contributed by atoms with Crippen molar-refractivity contribution in [3.05, 3.63) is 52.4 Å². The van der Waals surface area contributed by atoms with Crippen molar-refractivity contribution in [1.82, 2.24) is 9.29 Å². The number of amidine groups is 1. The number of hydrogen-bond donors (Lipinski definition) is 4. The van der Waals surface area contributed by atoms with E-state index in [2.05, 4.69) is 15.3 Å². The molecule has 0 saturated heterocycles. The summed E-state index contributed by atoms with van der Waals surface area (Å²) >= 11 is 0. The Morgan fingerprint density at radius 1 is 1.20 bits per heavy atom. The Hall–Kier alpha value is -2.72. The first-order valence-corrected chi connectivity index (χ1v) is 11.2. The molecule has 8 nitrogen and oxygen atoms in total. The lowest BCUT2D eigenvalue weighted by Gasteiger charge is -2.28. The van der Waals surface area contributed by atoms with Crippen LogP contribution in [0.15, 0.2) is 46.2 Å². The minimum absolute atomic E-state index is 0.0776.